The molecule has 29 heavy (non-hydrogen) atoms. The van der Waals surface area contributed by atoms with Crippen LogP contribution in [0.1, 0.15) is 45.5 Å². The normalized spacial score (nSPS) is 14.0. The summed E-state index contributed by atoms with van der Waals surface area (Å²) in [6.45, 7) is 1.91. The van der Waals surface area contributed by atoms with Gasteiger partial charge in [0.25, 0.3) is 11.8 Å². The lowest BCUT2D eigenvalue weighted by atomic mass is 10.1. The Balaban J connectivity index is 1.41. The van der Waals surface area contributed by atoms with Crippen molar-refractivity contribution in [2.45, 2.75) is 25.8 Å². The molecule has 2 aromatic carbocycles. The third kappa shape index (κ3) is 4.06. The zero-order chi connectivity index (χ0) is 20.2. The number of likely N-dealkylation sites (tertiary alicyclic amines) is 1. The Kier molecular flexibility index (Phi) is 5.42. The molecular formula is C23H23N3O3. The molecule has 1 aliphatic rings. The van der Waals surface area contributed by atoms with Gasteiger partial charge in [0.05, 0.1) is 0 Å². The summed E-state index contributed by atoms with van der Waals surface area (Å²) in [7, 11) is 0. The molecule has 3 aromatic rings. The van der Waals surface area contributed by atoms with Crippen molar-refractivity contribution in [1.82, 2.24) is 15.2 Å². The van der Waals surface area contributed by atoms with Crippen LogP contribution in [0, 0.1) is 0 Å². The fourth-order valence-corrected chi connectivity index (χ4v) is 3.66. The number of nitrogens with one attached hydrogen (secondary N) is 2. The Bertz CT molecular complexity index is 1100. The molecule has 1 aliphatic heterocycles. The zero-order valence-electron chi connectivity index (χ0n) is 16.1. The number of hydrogen-bond acceptors (Lipinski definition) is 3. The average molecular weight is 389 g/mol. The quantitative estimate of drug-likeness (QED) is 0.719. The van der Waals surface area contributed by atoms with Crippen LogP contribution < -0.4 is 10.7 Å². The van der Waals surface area contributed by atoms with E-state index in [1.54, 1.807) is 30.3 Å². The van der Waals surface area contributed by atoms with Gasteiger partial charge in [0.2, 0.25) is 5.43 Å². The Morgan fingerprint density at radius 3 is 2.45 bits per heavy atom. The number of H-pyrrole nitrogens is 1. The van der Waals surface area contributed by atoms with Crippen LogP contribution in [-0.4, -0.2) is 34.8 Å². The number of carbonyl (C=O) groups excluding carboxylic acids is 2. The van der Waals surface area contributed by atoms with Crippen molar-refractivity contribution in [3.05, 3.63) is 81.6 Å². The summed E-state index contributed by atoms with van der Waals surface area (Å²) in [4.78, 5) is 42.4. The molecule has 0 aliphatic carbocycles. The van der Waals surface area contributed by atoms with Crippen LogP contribution in [0.3, 0.4) is 0 Å². The third-order valence-corrected chi connectivity index (χ3v) is 5.33. The summed E-state index contributed by atoms with van der Waals surface area (Å²) < 4.78 is 0. The van der Waals surface area contributed by atoms with Gasteiger partial charge in [-0.1, -0.05) is 24.3 Å². The number of nitrogens with zero attached hydrogens (tertiary/aromatic N) is 1. The summed E-state index contributed by atoms with van der Waals surface area (Å²) in [6, 6.07) is 14.4. The molecule has 0 saturated carbocycles. The second kappa shape index (κ2) is 8.31. The molecule has 6 heteroatoms. The van der Waals surface area contributed by atoms with Crippen LogP contribution in [0.15, 0.2) is 59.5 Å². The van der Waals surface area contributed by atoms with E-state index in [1.165, 1.54) is 12.6 Å². The number of fused-ring (bicyclic) bond motifs is 1. The second-order valence-electron chi connectivity index (χ2n) is 7.31. The molecule has 1 fully saturated rings. The van der Waals surface area contributed by atoms with Gasteiger partial charge >= 0.3 is 0 Å². The molecular weight excluding hydrogens is 366 g/mol. The van der Waals surface area contributed by atoms with Gasteiger partial charge in [0.15, 0.2) is 0 Å². The minimum atomic E-state index is -0.425. The molecule has 2 amide bonds. The Labute approximate surface area is 168 Å². The number of carbonyl (C=O) groups is 2. The van der Waals surface area contributed by atoms with E-state index in [4.69, 9.17) is 0 Å². The average Bonchev–Trinajstić information content (AvgIpc) is 2.78. The minimum absolute atomic E-state index is 0.0583. The highest BCUT2D eigenvalue weighted by molar-refractivity contribution is 5.97. The highest BCUT2D eigenvalue weighted by atomic mass is 16.2. The van der Waals surface area contributed by atoms with E-state index in [2.05, 4.69) is 10.3 Å². The topological polar surface area (TPSA) is 82.3 Å². The molecule has 0 unspecified atom stereocenters. The van der Waals surface area contributed by atoms with Crippen molar-refractivity contribution in [3.8, 4) is 0 Å². The van der Waals surface area contributed by atoms with Crippen molar-refractivity contribution < 1.29 is 9.59 Å². The fraction of sp³-hybridized carbons (Fsp3) is 0.261. The molecule has 0 spiro atoms. The van der Waals surface area contributed by atoms with E-state index >= 15 is 0 Å². The van der Waals surface area contributed by atoms with Gasteiger partial charge in [-0.05, 0) is 49.1 Å². The number of aromatic amines is 1. The van der Waals surface area contributed by atoms with Gasteiger partial charge in [-0.3, -0.25) is 14.4 Å². The molecule has 1 aromatic heterocycles. The van der Waals surface area contributed by atoms with Crippen molar-refractivity contribution in [1.29, 1.82) is 0 Å². The van der Waals surface area contributed by atoms with Crippen molar-refractivity contribution in [2.24, 2.45) is 0 Å². The van der Waals surface area contributed by atoms with Crippen LogP contribution in [0.25, 0.3) is 10.9 Å². The minimum Gasteiger partial charge on any atom is -0.360 e. The highest BCUT2D eigenvalue weighted by Gasteiger charge is 2.18. The predicted octanol–water partition coefficient (Wildman–Crippen LogP) is 3.08. The van der Waals surface area contributed by atoms with Gasteiger partial charge in [0, 0.05) is 42.3 Å². The molecule has 0 bridgehead atoms. The smallest absolute Gasteiger partial charge is 0.257 e. The van der Waals surface area contributed by atoms with E-state index in [0.29, 0.717) is 16.5 Å². The third-order valence-electron chi connectivity index (χ3n) is 5.33. The number of amides is 2. The van der Waals surface area contributed by atoms with Gasteiger partial charge in [0.1, 0.15) is 5.56 Å². The maximum absolute atomic E-state index is 12.5. The molecule has 6 nitrogen and oxygen atoms in total. The number of aromatic nitrogens is 1. The second-order valence-corrected chi connectivity index (χ2v) is 7.31. The Hall–Kier alpha value is -3.41. The number of hydrogen-bond donors (Lipinski definition) is 2. The summed E-state index contributed by atoms with van der Waals surface area (Å²) in [5, 5.41) is 3.27. The highest BCUT2D eigenvalue weighted by Crippen LogP contribution is 2.14. The summed E-state index contributed by atoms with van der Waals surface area (Å²) in [5.41, 5.74) is 2.02. The van der Waals surface area contributed by atoms with Crippen molar-refractivity contribution >= 4 is 22.7 Å². The van der Waals surface area contributed by atoms with Gasteiger partial charge in [-0.2, -0.15) is 0 Å². The van der Waals surface area contributed by atoms with E-state index in [9.17, 15) is 14.4 Å². The maximum atomic E-state index is 12.5. The lowest BCUT2D eigenvalue weighted by Gasteiger charge is -2.26. The molecule has 4 rings (SSSR count). The standard InChI is InChI=1S/C23H23N3O3/c27-21-18-6-2-3-7-20(18)24-15-19(21)22(28)25-14-16-8-10-17(11-9-16)23(29)26-12-4-1-5-13-26/h2-3,6-11,15H,1,4-5,12-14H2,(H,24,27)(H,25,28). The van der Waals surface area contributed by atoms with Gasteiger partial charge < -0.3 is 15.2 Å². The van der Waals surface area contributed by atoms with Crippen LogP contribution in [0.4, 0.5) is 0 Å². The van der Waals surface area contributed by atoms with Crippen molar-refractivity contribution in [3.63, 3.8) is 0 Å². The lowest BCUT2D eigenvalue weighted by Crippen LogP contribution is -2.35. The first-order chi connectivity index (χ1) is 14.1. The molecule has 2 heterocycles. The number of rotatable bonds is 4. The van der Waals surface area contributed by atoms with E-state index in [1.807, 2.05) is 23.1 Å². The van der Waals surface area contributed by atoms with Crippen LogP contribution in [0.5, 0.6) is 0 Å². The Morgan fingerprint density at radius 1 is 0.966 bits per heavy atom. The first-order valence-electron chi connectivity index (χ1n) is 9.90. The molecule has 2 N–H and O–H groups in total. The van der Waals surface area contributed by atoms with Crippen molar-refractivity contribution in [2.75, 3.05) is 13.1 Å². The number of benzene rings is 2. The molecule has 148 valence electrons. The lowest BCUT2D eigenvalue weighted by molar-refractivity contribution is 0.0724. The van der Waals surface area contributed by atoms with E-state index in [-0.39, 0.29) is 23.4 Å². The molecule has 0 atom stereocenters. The Morgan fingerprint density at radius 2 is 1.69 bits per heavy atom. The fourth-order valence-electron chi connectivity index (χ4n) is 3.66. The first-order valence-corrected chi connectivity index (χ1v) is 9.90. The summed E-state index contributed by atoms with van der Waals surface area (Å²) >= 11 is 0. The number of pyridine rings is 1. The summed E-state index contributed by atoms with van der Waals surface area (Å²) in [5.74, 6) is -0.367. The van der Waals surface area contributed by atoms with Gasteiger partial charge in [-0.25, -0.2) is 0 Å². The van der Waals surface area contributed by atoms with Crippen LogP contribution in [-0.2, 0) is 6.54 Å². The maximum Gasteiger partial charge on any atom is 0.257 e. The first kappa shape index (κ1) is 18.9. The number of para-hydroxylation sites is 1. The van der Waals surface area contributed by atoms with Gasteiger partial charge in [-0.15, -0.1) is 0 Å². The van der Waals surface area contributed by atoms with Crippen LogP contribution >= 0.6 is 0 Å². The zero-order valence-corrected chi connectivity index (χ0v) is 16.1. The monoisotopic (exact) mass is 389 g/mol. The largest absolute Gasteiger partial charge is 0.360 e. The van der Waals surface area contributed by atoms with E-state index < -0.39 is 5.91 Å². The predicted molar refractivity (Wildman–Crippen MR) is 112 cm³/mol. The van der Waals surface area contributed by atoms with E-state index in [0.717, 1.165) is 31.5 Å². The molecule has 1 saturated heterocycles. The molecule has 0 radical (unpaired) electrons. The number of piperidine rings is 1. The summed E-state index contributed by atoms with van der Waals surface area (Å²) in [6.07, 6.45) is 4.75. The SMILES string of the molecule is O=C(NCc1ccc(C(=O)N2CCCCC2)cc1)c1c[nH]c2ccccc2c1=O. The van der Waals surface area contributed by atoms with Crippen LogP contribution in [0.2, 0.25) is 0 Å².